The van der Waals surface area contributed by atoms with Crippen LogP contribution in [0.15, 0.2) is 24.3 Å². The van der Waals surface area contributed by atoms with Crippen LogP contribution in [0.2, 0.25) is 5.02 Å². The van der Waals surface area contributed by atoms with E-state index in [0.29, 0.717) is 103 Å². The molecule has 0 bridgehead atoms. The first-order chi connectivity index (χ1) is 28.2. The van der Waals surface area contributed by atoms with Crippen LogP contribution >= 0.6 is 11.6 Å². The standard InChI is InChI=1S/C43H68ClN3O11/c1-53-24-25-55-28-29-57-31-30-56-27-26-54-23-7-8-37(48)15-16-41(51)58-40(10-5-20-45)38(49)9-6-21-47-22-17-36(33-43(47)18-3-2-4-19-43)46-42(52)39(50)32-34-11-13-35(44)14-12-34/h11-14,36,40H,2-10,15-33,45H2,1H3,(H,46,52). The van der Waals surface area contributed by atoms with E-state index >= 15 is 0 Å². The van der Waals surface area contributed by atoms with Gasteiger partial charge in [0.1, 0.15) is 5.78 Å². The molecule has 3 N–H and O–H groups in total. The number of ketones is 3. The Labute approximate surface area is 349 Å². The lowest BCUT2D eigenvalue weighted by Crippen LogP contribution is -2.59. The number of nitrogens with two attached hydrogens (primary N) is 1. The number of ether oxygens (including phenoxy) is 6. The molecule has 14 nitrogen and oxygen atoms in total. The Morgan fingerprint density at radius 1 is 0.810 bits per heavy atom. The first kappa shape index (κ1) is 49.5. The number of carbonyl (C=O) groups is 5. The minimum Gasteiger partial charge on any atom is -0.454 e. The number of nitrogens with zero attached hydrogens (tertiary/aromatic N) is 1. The third-order valence-corrected chi connectivity index (χ3v) is 11.0. The van der Waals surface area contributed by atoms with Gasteiger partial charge in [0, 0.05) is 62.5 Å². The number of halogens is 1. The van der Waals surface area contributed by atoms with Gasteiger partial charge in [0.2, 0.25) is 5.78 Å². The van der Waals surface area contributed by atoms with E-state index in [9.17, 15) is 24.0 Å². The van der Waals surface area contributed by atoms with Crippen LogP contribution in [0, 0.1) is 0 Å². The molecule has 328 valence electrons. The maximum Gasteiger partial charge on any atom is 0.306 e. The highest BCUT2D eigenvalue weighted by Crippen LogP contribution is 2.41. The van der Waals surface area contributed by atoms with E-state index in [1.54, 1.807) is 31.4 Å². The molecule has 1 saturated heterocycles. The molecule has 15 heteroatoms. The molecule has 1 amide bonds. The van der Waals surface area contributed by atoms with E-state index in [2.05, 4.69) is 10.2 Å². The van der Waals surface area contributed by atoms with E-state index in [4.69, 9.17) is 45.8 Å². The number of hydrogen-bond acceptors (Lipinski definition) is 13. The molecule has 1 heterocycles. The average molecular weight is 838 g/mol. The molecule has 0 radical (unpaired) electrons. The largest absolute Gasteiger partial charge is 0.454 e. The molecular formula is C43H68ClN3O11. The van der Waals surface area contributed by atoms with Crippen molar-refractivity contribution in [2.24, 2.45) is 5.73 Å². The summed E-state index contributed by atoms with van der Waals surface area (Å²) in [5, 5.41) is 3.60. The fraction of sp³-hybridized carbons (Fsp3) is 0.744. The molecule has 1 aromatic rings. The summed E-state index contributed by atoms with van der Waals surface area (Å²) >= 11 is 5.96. The van der Waals surface area contributed by atoms with Crippen LogP contribution in [0.1, 0.15) is 102 Å². The predicted molar refractivity (Wildman–Crippen MR) is 220 cm³/mol. The number of nitrogens with one attached hydrogen (secondary N) is 1. The van der Waals surface area contributed by atoms with Crippen LogP contribution in [0.3, 0.4) is 0 Å². The second-order valence-corrected chi connectivity index (χ2v) is 15.7. The summed E-state index contributed by atoms with van der Waals surface area (Å²) in [5.41, 5.74) is 6.38. The molecule has 1 aliphatic carbocycles. The lowest BCUT2D eigenvalue weighted by atomic mass is 9.73. The number of methoxy groups -OCH3 is 1. The summed E-state index contributed by atoms with van der Waals surface area (Å²) < 4.78 is 32.3. The summed E-state index contributed by atoms with van der Waals surface area (Å²) in [6, 6.07) is 6.83. The molecule has 1 spiro atoms. The van der Waals surface area contributed by atoms with Crippen LogP contribution in [0.4, 0.5) is 0 Å². The van der Waals surface area contributed by atoms with Gasteiger partial charge in [-0.05, 0) is 82.2 Å². The number of benzene rings is 1. The summed E-state index contributed by atoms with van der Waals surface area (Å²) in [4.78, 5) is 66.6. The number of piperidine rings is 1. The lowest BCUT2D eigenvalue weighted by Gasteiger charge is -2.52. The smallest absolute Gasteiger partial charge is 0.306 e. The quantitative estimate of drug-likeness (QED) is 0.0586. The van der Waals surface area contributed by atoms with Crippen LogP contribution in [0.25, 0.3) is 0 Å². The van der Waals surface area contributed by atoms with Crippen LogP contribution in [-0.4, -0.2) is 138 Å². The molecule has 3 rings (SSSR count). The van der Waals surface area contributed by atoms with Crippen molar-refractivity contribution in [3.63, 3.8) is 0 Å². The predicted octanol–water partition coefficient (Wildman–Crippen LogP) is 4.58. The number of hydrogen-bond donors (Lipinski definition) is 2. The van der Waals surface area contributed by atoms with E-state index < -0.39 is 23.8 Å². The van der Waals surface area contributed by atoms with Gasteiger partial charge in [0.25, 0.3) is 5.91 Å². The lowest BCUT2D eigenvalue weighted by molar-refractivity contribution is -0.156. The number of Topliss-reactive ketones (excluding diaryl/α,β-unsaturated/α-hetero) is 3. The molecule has 1 saturated carbocycles. The SMILES string of the molecule is COCCOCCOCCOCCOCCCC(=O)CCC(=O)OC(CCCN)C(=O)CCCN1CCC(NC(=O)C(=O)Cc2ccc(Cl)cc2)CC12CCCCC2. The number of rotatable bonds is 32. The Morgan fingerprint density at radius 2 is 1.45 bits per heavy atom. The Bertz CT molecular complexity index is 1360. The Balaban J connectivity index is 1.31. The normalized spacial score (nSPS) is 17.2. The van der Waals surface area contributed by atoms with Crippen molar-refractivity contribution in [1.29, 1.82) is 0 Å². The second-order valence-electron chi connectivity index (χ2n) is 15.2. The highest BCUT2D eigenvalue weighted by molar-refractivity contribution is 6.36. The number of amides is 1. The number of carbonyl (C=O) groups excluding carboxylic acids is 5. The minimum atomic E-state index is -0.886. The molecule has 2 aliphatic rings. The highest BCUT2D eigenvalue weighted by atomic mass is 35.5. The first-order valence-electron chi connectivity index (χ1n) is 21.2. The fourth-order valence-electron chi connectivity index (χ4n) is 7.63. The van der Waals surface area contributed by atoms with E-state index in [1.165, 1.54) is 6.42 Å². The van der Waals surface area contributed by atoms with Crippen molar-refractivity contribution >= 4 is 40.8 Å². The van der Waals surface area contributed by atoms with Gasteiger partial charge in [0.15, 0.2) is 11.9 Å². The minimum absolute atomic E-state index is 0.0283. The molecule has 2 atom stereocenters. The average Bonchev–Trinajstić information content (AvgIpc) is 3.22. The molecule has 2 unspecified atom stereocenters. The summed E-state index contributed by atoms with van der Waals surface area (Å²) in [6.07, 6.45) is 8.56. The zero-order valence-corrected chi connectivity index (χ0v) is 35.4. The Morgan fingerprint density at radius 3 is 2.09 bits per heavy atom. The van der Waals surface area contributed by atoms with Crippen molar-refractivity contribution in [1.82, 2.24) is 10.2 Å². The first-order valence-corrected chi connectivity index (χ1v) is 21.6. The van der Waals surface area contributed by atoms with Crippen molar-refractivity contribution in [2.75, 3.05) is 86.2 Å². The molecule has 1 aromatic carbocycles. The van der Waals surface area contributed by atoms with Gasteiger partial charge in [-0.3, -0.25) is 28.9 Å². The highest BCUT2D eigenvalue weighted by Gasteiger charge is 2.43. The third-order valence-electron chi connectivity index (χ3n) is 10.7. The van der Waals surface area contributed by atoms with Gasteiger partial charge in [-0.1, -0.05) is 43.0 Å². The van der Waals surface area contributed by atoms with Gasteiger partial charge in [0.05, 0.1) is 59.3 Å². The van der Waals surface area contributed by atoms with Crippen molar-refractivity contribution in [3.05, 3.63) is 34.9 Å². The summed E-state index contributed by atoms with van der Waals surface area (Å²) in [7, 11) is 1.63. The summed E-state index contributed by atoms with van der Waals surface area (Å²) in [5.74, 6) is -1.77. The zero-order chi connectivity index (χ0) is 41.9. The third kappa shape index (κ3) is 20.0. The molecule has 1 aliphatic heterocycles. The molecule has 0 aromatic heterocycles. The van der Waals surface area contributed by atoms with Crippen molar-refractivity contribution < 1.29 is 52.4 Å². The van der Waals surface area contributed by atoms with Gasteiger partial charge in [-0.15, -0.1) is 0 Å². The van der Waals surface area contributed by atoms with Gasteiger partial charge >= 0.3 is 5.97 Å². The zero-order valence-electron chi connectivity index (χ0n) is 34.7. The maximum absolute atomic E-state index is 13.4. The Kier molecular flexibility index (Phi) is 25.1. The van der Waals surface area contributed by atoms with E-state index in [1.807, 2.05) is 0 Å². The molecule has 58 heavy (non-hydrogen) atoms. The molecular weight excluding hydrogens is 770 g/mol. The van der Waals surface area contributed by atoms with Gasteiger partial charge < -0.3 is 39.5 Å². The molecule has 2 fully saturated rings. The number of likely N-dealkylation sites (tertiary alicyclic amines) is 1. The van der Waals surface area contributed by atoms with Crippen molar-refractivity contribution in [3.8, 4) is 0 Å². The van der Waals surface area contributed by atoms with E-state index in [0.717, 1.165) is 50.6 Å². The summed E-state index contributed by atoms with van der Waals surface area (Å²) in [6.45, 7) is 6.12. The Hall–Kier alpha value is -2.82. The second kappa shape index (κ2) is 29.4. The van der Waals surface area contributed by atoms with Crippen molar-refractivity contribution in [2.45, 2.75) is 120 Å². The van der Waals surface area contributed by atoms with Crippen LogP contribution in [0.5, 0.6) is 0 Å². The topological polar surface area (TPSA) is 182 Å². The number of esters is 1. The fourth-order valence-corrected chi connectivity index (χ4v) is 7.75. The van der Waals surface area contributed by atoms with E-state index in [-0.39, 0.29) is 55.3 Å². The van der Waals surface area contributed by atoms with Gasteiger partial charge in [-0.2, -0.15) is 0 Å². The van der Waals surface area contributed by atoms with Gasteiger partial charge in [-0.25, -0.2) is 0 Å². The van der Waals surface area contributed by atoms with Crippen LogP contribution < -0.4 is 11.1 Å². The van der Waals surface area contributed by atoms with Crippen LogP contribution in [-0.2, 0) is 58.8 Å². The maximum atomic E-state index is 13.4. The monoisotopic (exact) mass is 837 g/mol.